The zero-order chi connectivity index (χ0) is 9.80. The Balaban J connectivity index is 0.00000112. The summed E-state index contributed by atoms with van der Waals surface area (Å²) >= 11 is 0. The van der Waals surface area contributed by atoms with Gasteiger partial charge in [0.25, 0.3) is 0 Å². The van der Waals surface area contributed by atoms with Gasteiger partial charge in [-0.05, 0) is 11.6 Å². The summed E-state index contributed by atoms with van der Waals surface area (Å²) < 4.78 is 1.93. The van der Waals surface area contributed by atoms with Crippen LogP contribution in [0.25, 0.3) is 0 Å². The lowest BCUT2D eigenvalue weighted by Gasteiger charge is -2.05. The van der Waals surface area contributed by atoms with Crippen LogP contribution in [-0.4, -0.2) is 9.78 Å². The average molecular weight is 260 g/mol. The fourth-order valence-electron chi connectivity index (χ4n) is 1.43. The molecule has 1 aromatic heterocycles. The maximum atomic E-state index is 5.59. The van der Waals surface area contributed by atoms with Gasteiger partial charge in [0.05, 0.1) is 12.2 Å². The van der Waals surface area contributed by atoms with E-state index in [-0.39, 0.29) is 24.8 Å². The van der Waals surface area contributed by atoms with E-state index >= 15 is 0 Å². The number of benzene rings is 1. The fourth-order valence-corrected chi connectivity index (χ4v) is 1.43. The van der Waals surface area contributed by atoms with Crippen molar-refractivity contribution >= 4 is 24.8 Å². The van der Waals surface area contributed by atoms with E-state index in [0.29, 0.717) is 6.54 Å². The monoisotopic (exact) mass is 259 g/mol. The molecule has 16 heavy (non-hydrogen) atoms. The summed E-state index contributed by atoms with van der Waals surface area (Å²) in [5, 5.41) is 4.22. The van der Waals surface area contributed by atoms with Crippen molar-refractivity contribution in [2.45, 2.75) is 13.1 Å². The number of halogens is 2. The molecule has 2 N–H and O–H groups in total. The highest BCUT2D eigenvalue weighted by Crippen LogP contribution is 2.04. The van der Waals surface area contributed by atoms with E-state index in [9.17, 15) is 0 Å². The molecule has 1 aromatic carbocycles. The van der Waals surface area contributed by atoms with Gasteiger partial charge >= 0.3 is 0 Å². The lowest BCUT2D eigenvalue weighted by Crippen LogP contribution is -2.09. The Morgan fingerprint density at radius 2 is 1.75 bits per heavy atom. The Labute approximate surface area is 107 Å². The van der Waals surface area contributed by atoms with Crippen LogP contribution in [0.4, 0.5) is 0 Å². The van der Waals surface area contributed by atoms with E-state index in [1.165, 1.54) is 5.56 Å². The van der Waals surface area contributed by atoms with Gasteiger partial charge in [-0.25, -0.2) is 0 Å². The molecule has 5 heteroatoms. The van der Waals surface area contributed by atoms with Crippen molar-refractivity contribution in [1.29, 1.82) is 0 Å². The molecule has 0 saturated heterocycles. The number of rotatable bonds is 3. The predicted molar refractivity (Wildman–Crippen MR) is 70.2 cm³/mol. The Hall–Kier alpha value is -1.03. The van der Waals surface area contributed by atoms with Crippen molar-refractivity contribution in [3.8, 4) is 0 Å². The maximum Gasteiger partial charge on any atom is 0.0663 e. The lowest BCUT2D eigenvalue weighted by molar-refractivity contribution is 0.646. The molecule has 2 rings (SSSR count). The zero-order valence-corrected chi connectivity index (χ0v) is 10.4. The third kappa shape index (κ3) is 3.52. The van der Waals surface area contributed by atoms with Crippen LogP contribution < -0.4 is 5.73 Å². The van der Waals surface area contributed by atoms with Gasteiger partial charge in [-0.3, -0.25) is 4.68 Å². The summed E-state index contributed by atoms with van der Waals surface area (Å²) in [6.07, 6.45) is 1.78. The second kappa shape index (κ2) is 7.28. The number of aromatic nitrogens is 2. The van der Waals surface area contributed by atoms with Gasteiger partial charge in [-0.15, -0.1) is 24.8 Å². The first kappa shape index (κ1) is 15.0. The molecular weight excluding hydrogens is 245 g/mol. The molecule has 0 aliphatic carbocycles. The van der Waals surface area contributed by atoms with Gasteiger partial charge in [-0.2, -0.15) is 5.10 Å². The Morgan fingerprint density at radius 3 is 2.38 bits per heavy atom. The first-order chi connectivity index (χ1) is 6.90. The highest BCUT2D eigenvalue weighted by Gasteiger charge is 2.00. The molecule has 0 atom stereocenters. The molecule has 0 spiro atoms. The van der Waals surface area contributed by atoms with Crippen molar-refractivity contribution in [1.82, 2.24) is 9.78 Å². The second-order valence-corrected chi connectivity index (χ2v) is 3.17. The lowest BCUT2D eigenvalue weighted by atomic mass is 10.2. The summed E-state index contributed by atoms with van der Waals surface area (Å²) in [4.78, 5) is 0. The van der Waals surface area contributed by atoms with Crippen LogP contribution in [-0.2, 0) is 13.1 Å². The quantitative estimate of drug-likeness (QED) is 0.919. The smallest absolute Gasteiger partial charge is 0.0663 e. The van der Waals surface area contributed by atoms with Gasteiger partial charge < -0.3 is 5.73 Å². The average Bonchev–Trinajstić information content (AvgIpc) is 2.67. The third-order valence-corrected chi connectivity index (χ3v) is 2.19. The minimum atomic E-state index is 0. The van der Waals surface area contributed by atoms with E-state index in [1.54, 1.807) is 6.20 Å². The van der Waals surface area contributed by atoms with Crippen LogP contribution in [0.3, 0.4) is 0 Å². The standard InChI is InChI=1S/C11H13N3.2ClH/c12-8-11-6-7-13-14(11)9-10-4-2-1-3-5-10;;/h1-7H,8-9,12H2;2*1H. The van der Waals surface area contributed by atoms with Crippen LogP contribution >= 0.6 is 24.8 Å². The minimum Gasteiger partial charge on any atom is -0.325 e. The van der Waals surface area contributed by atoms with E-state index in [2.05, 4.69) is 17.2 Å². The second-order valence-electron chi connectivity index (χ2n) is 3.17. The molecule has 0 saturated carbocycles. The molecule has 0 aliphatic heterocycles. The number of hydrogen-bond acceptors (Lipinski definition) is 2. The summed E-state index contributed by atoms with van der Waals surface area (Å²) in [5.74, 6) is 0. The molecule has 88 valence electrons. The molecule has 0 amide bonds. The fraction of sp³-hybridized carbons (Fsp3) is 0.182. The Morgan fingerprint density at radius 1 is 1.06 bits per heavy atom. The van der Waals surface area contributed by atoms with Gasteiger partial charge in [-0.1, -0.05) is 30.3 Å². The minimum absolute atomic E-state index is 0. The first-order valence-electron chi connectivity index (χ1n) is 4.65. The molecule has 0 radical (unpaired) electrons. The summed E-state index contributed by atoms with van der Waals surface area (Å²) in [7, 11) is 0. The van der Waals surface area contributed by atoms with Gasteiger partial charge in [0.1, 0.15) is 0 Å². The Kier molecular flexibility index (Phi) is 6.81. The molecular formula is C11H15Cl2N3. The van der Waals surface area contributed by atoms with Crippen LogP contribution in [0, 0.1) is 0 Å². The summed E-state index contributed by atoms with van der Waals surface area (Å²) in [5.41, 5.74) is 7.89. The van der Waals surface area contributed by atoms with Crippen molar-refractivity contribution < 1.29 is 0 Å². The van der Waals surface area contributed by atoms with Crippen molar-refractivity contribution in [2.24, 2.45) is 5.73 Å². The Bertz CT molecular complexity index is 401. The molecule has 0 unspecified atom stereocenters. The molecule has 3 nitrogen and oxygen atoms in total. The normalized spacial score (nSPS) is 9.06. The summed E-state index contributed by atoms with van der Waals surface area (Å²) in [6.45, 7) is 1.33. The highest BCUT2D eigenvalue weighted by atomic mass is 35.5. The maximum absolute atomic E-state index is 5.59. The molecule has 0 bridgehead atoms. The van der Waals surface area contributed by atoms with E-state index in [4.69, 9.17) is 5.73 Å². The van der Waals surface area contributed by atoms with Gasteiger partial charge in [0.2, 0.25) is 0 Å². The third-order valence-electron chi connectivity index (χ3n) is 2.19. The van der Waals surface area contributed by atoms with Crippen molar-refractivity contribution in [2.75, 3.05) is 0 Å². The largest absolute Gasteiger partial charge is 0.325 e. The van der Waals surface area contributed by atoms with Gasteiger partial charge in [0, 0.05) is 12.7 Å². The van der Waals surface area contributed by atoms with Crippen LogP contribution in [0.1, 0.15) is 11.3 Å². The van der Waals surface area contributed by atoms with Crippen molar-refractivity contribution in [3.05, 3.63) is 53.9 Å². The molecule has 0 aliphatic rings. The van der Waals surface area contributed by atoms with Crippen LogP contribution in [0.5, 0.6) is 0 Å². The number of nitrogens with zero attached hydrogens (tertiary/aromatic N) is 2. The summed E-state index contributed by atoms with van der Waals surface area (Å²) in [6, 6.07) is 12.2. The SMILES string of the molecule is Cl.Cl.NCc1ccnn1Cc1ccccc1. The van der Waals surface area contributed by atoms with Crippen LogP contribution in [0.15, 0.2) is 42.6 Å². The topological polar surface area (TPSA) is 43.8 Å². The van der Waals surface area contributed by atoms with E-state index < -0.39 is 0 Å². The van der Waals surface area contributed by atoms with E-state index in [1.807, 2.05) is 28.9 Å². The molecule has 2 aromatic rings. The van der Waals surface area contributed by atoms with Gasteiger partial charge in [0.15, 0.2) is 0 Å². The highest BCUT2D eigenvalue weighted by molar-refractivity contribution is 5.85. The van der Waals surface area contributed by atoms with Crippen LogP contribution in [0.2, 0.25) is 0 Å². The molecule has 0 fully saturated rings. The first-order valence-corrected chi connectivity index (χ1v) is 4.65. The number of hydrogen-bond donors (Lipinski definition) is 1. The number of nitrogens with two attached hydrogens (primary N) is 1. The zero-order valence-electron chi connectivity index (χ0n) is 8.74. The van der Waals surface area contributed by atoms with E-state index in [0.717, 1.165) is 12.2 Å². The molecule has 1 heterocycles. The van der Waals surface area contributed by atoms with Crippen molar-refractivity contribution in [3.63, 3.8) is 0 Å². The predicted octanol–water partition coefficient (Wildman–Crippen LogP) is 2.23.